The average Bonchev–Trinajstić information content (AvgIpc) is 2.75. The van der Waals surface area contributed by atoms with Gasteiger partial charge in [-0.1, -0.05) is 17.7 Å². The van der Waals surface area contributed by atoms with Crippen LogP contribution >= 0.6 is 11.6 Å². The molecule has 0 unspecified atom stereocenters. The molecule has 1 aliphatic heterocycles. The Morgan fingerprint density at radius 3 is 2.29 bits per heavy atom. The molecule has 4 saturated carbocycles. The van der Waals surface area contributed by atoms with Crippen molar-refractivity contribution in [3.8, 4) is 0 Å². The SMILES string of the molecule is Cc1ccc(S(=O)(=O)N2CCN(C(=O)COC(=O)C34C[C@H]5C[C@@H](CC(Cl)(C5)C3)C4)CC2)c(C)c1. The van der Waals surface area contributed by atoms with E-state index in [1.807, 2.05) is 13.0 Å². The molecule has 2 atom stereocenters. The van der Waals surface area contributed by atoms with Crippen LogP contribution in [-0.4, -0.2) is 67.2 Å². The summed E-state index contributed by atoms with van der Waals surface area (Å²) in [5.74, 6) is 0.404. The van der Waals surface area contributed by atoms with Crippen molar-refractivity contribution in [1.29, 1.82) is 0 Å². The van der Waals surface area contributed by atoms with Crippen LogP contribution in [0.2, 0.25) is 0 Å². The highest BCUT2D eigenvalue weighted by Gasteiger charge is 2.60. The van der Waals surface area contributed by atoms with Gasteiger partial charge in [0.2, 0.25) is 10.0 Å². The average molecular weight is 509 g/mol. The predicted octanol–water partition coefficient (Wildman–Crippen LogP) is 3.26. The lowest BCUT2D eigenvalue weighted by Crippen LogP contribution is -2.56. The van der Waals surface area contributed by atoms with Crippen LogP contribution in [0, 0.1) is 31.1 Å². The Morgan fingerprint density at radius 1 is 1.06 bits per heavy atom. The number of carbonyl (C=O) groups excluding carboxylic acids is 2. The fourth-order valence-electron chi connectivity index (χ4n) is 7.17. The zero-order chi connectivity index (χ0) is 24.3. The topological polar surface area (TPSA) is 84.0 Å². The number of esters is 1. The molecule has 0 spiro atoms. The zero-order valence-corrected chi connectivity index (χ0v) is 21.5. The Bertz CT molecular complexity index is 1100. The minimum atomic E-state index is -3.62. The summed E-state index contributed by atoms with van der Waals surface area (Å²) < 4.78 is 33.2. The van der Waals surface area contributed by atoms with Crippen LogP contribution in [0.1, 0.15) is 49.7 Å². The van der Waals surface area contributed by atoms with Gasteiger partial charge in [0.1, 0.15) is 0 Å². The third-order valence-corrected chi connectivity index (χ3v) is 10.8. The third kappa shape index (κ3) is 4.26. The highest BCUT2D eigenvalue weighted by Crippen LogP contribution is 2.64. The first kappa shape index (κ1) is 24.1. The van der Waals surface area contributed by atoms with Gasteiger partial charge in [0.15, 0.2) is 6.61 Å². The van der Waals surface area contributed by atoms with Crippen molar-refractivity contribution in [1.82, 2.24) is 9.21 Å². The molecule has 7 nitrogen and oxygen atoms in total. The molecule has 186 valence electrons. The van der Waals surface area contributed by atoms with E-state index in [0.717, 1.165) is 37.7 Å². The normalized spacial score (nSPS) is 33.2. The van der Waals surface area contributed by atoms with E-state index in [9.17, 15) is 18.0 Å². The van der Waals surface area contributed by atoms with Crippen molar-refractivity contribution in [2.45, 2.75) is 62.1 Å². The quantitative estimate of drug-likeness (QED) is 0.450. The number of piperazine rings is 1. The Labute approximate surface area is 206 Å². The number of hydrogen-bond donors (Lipinski definition) is 0. The maximum Gasteiger partial charge on any atom is 0.312 e. The number of rotatable bonds is 5. The Hall–Kier alpha value is -1.64. The molecular weight excluding hydrogens is 476 g/mol. The minimum Gasteiger partial charge on any atom is -0.455 e. The molecule has 1 heterocycles. The number of amides is 1. The summed E-state index contributed by atoms with van der Waals surface area (Å²) in [6.45, 7) is 4.42. The number of nitrogens with zero attached hydrogens (tertiary/aromatic N) is 2. The first-order valence-electron chi connectivity index (χ1n) is 12.2. The summed E-state index contributed by atoms with van der Waals surface area (Å²) in [6.07, 6.45) is 5.40. The van der Waals surface area contributed by atoms with Crippen molar-refractivity contribution in [3.05, 3.63) is 29.3 Å². The van der Waals surface area contributed by atoms with Gasteiger partial charge in [0.05, 0.1) is 10.3 Å². The van der Waals surface area contributed by atoms with Gasteiger partial charge in [-0.2, -0.15) is 4.31 Å². The monoisotopic (exact) mass is 508 g/mol. The number of hydrogen-bond acceptors (Lipinski definition) is 5. The second-order valence-corrected chi connectivity index (χ2v) is 13.7. The lowest BCUT2D eigenvalue weighted by molar-refractivity contribution is -0.173. The molecule has 0 radical (unpaired) electrons. The van der Waals surface area contributed by atoms with Crippen molar-refractivity contribution in [2.75, 3.05) is 32.8 Å². The van der Waals surface area contributed by atoms with Crippen LogP contribution in [0.5, 0.6) is 0 Å². The highest BCUT2D eigenvalue weighted by atomic mass is 35.5. The van der Waals surface area contributed by atoms with E-state index in [4.69, 9.17) is 16.3 Å². The molecule has 1 amide bonds. The van der Waals surface area contributed by atoms with Gasteiger partial charge in [-0.05, 0) is 75.8 Å². The van der Waals surface area contributed by atoms with Crippen LogP contribution in [-0.2, 0) is 24.3 Å². The molecule has 4 aliphatic carbocycles. The lowest BCUT2D eigenvalue weighted by Gasteiger charge is -2.58. The van der Waals surface area contributed by atoms with Crippen LogP contribution in [0.15, 0.2) is 23.1 Å². The maximum atomic E-state index is 13.1. The van der Waals surface area contributed by atoms with Crippen molar-refractivity contribution >= 4 is 33.5 Å². The van der Waals surface area contributed by atoms with Gasteiger partial charge in [0.25, 0.3) is 5.91 Å². The first-order chi connectivity index (χ1) is 16.0. The Balaban J connectivity index is 1.16. The standard InChI is InChI=1S/C25H33ClN2O5S/c1-17-3-4-21(18(2)9-17)34(31,32)28-7-5-27(6-8-28)22(29)15-33-23(30)24-11-19-10-20(12-24)14-25(26,13-19)16-24/h3-4,9,19-20H,5-8,10-16H2,1-2H3/t19-,20-,24?,25?/m1/s1. The molecule has 0 aromatic heterocycles. The number of alkyl halides is 1. The molecule has 4 bridgehead atoms. The van der Waals surface area contributed by atoms with Crippen LogP contribution in [0.4, 0.5) is 0 Å². The van der Waals surface area contributed by atoms with Crippen LogP contribution < -0.4 is 0 Å². The van der Waals surface area contributed by atoms with Gasteiger partial charge in [-0.15, -0.1) is 11.6 Å². The Kier molecular flexibility index (Phi) is 6.01. The van der Waals surface area contributed by atoms with Crippen LogP contribution in [0.3, 0.4) is 0 Å². The molecule has 1 saturated heterocycles. The fourth-order valence-corrected chi connectivity index (χ4v) is 9.49. The lowest BCUT2D eigenvalue weighted by atomic mass is 9.49. The molecule has 5 aliphatic rings. The number of ether oxygens (including phenoxy) is 1. The summed E-state index contributed by atoms with van der Waals surface area (Å²) in [6, 6.07) is 5.30. The van der Waals surface area contributed by atoms with Gasteiger partial charge in [-0.3, -0.25) is 9.59 Å². The summed E-state index contributed by atoms with van der Waals surface area (Å²) in [5.41, 5.74) is 1.19. The zero-order valence-electron chi connectivity index (χ0n) is 19.9. The first-order valence-corrected chi connectivity index (χ1v) is 14.0. The second kappa shape index (κ2) is 8.49. The van der Waals surface area contributed by atoms with E-state index in [1.54, 1.807) is 24.0 Å². The Morgan fingerprint density at radius 2 is 1.71 bits per heavy atom. The summed E-state index contributed by atoms with van der Waals surface area (Å²) in [4.78, 5) is 27.5. The number of halogens is 1. The summed E-state index contributed by atoms with van der Waals surface area (Å²) >= 11 is 6.82. The number of sulfonamides is 1. The summed E-state index contributed by atoms with van der Waals surface area (Å²) in [7, 11) is -3.62. The van der Waals surface area contributed by atoms with E-state index < -0.39 is 15.4 Å². The maximum absolute atomic E-state index is 13.1. The molecule has 1 aromatic carbocycles. The smallest absolute Gasteiger partial charge is 0.312 e. The molecule has 6 rings (SSSR count). The predicted molar refractivity (Wildman–Crippen MR) is 128 cm³/mol. The minimum absolute atomic E-state index is 0.220. The number of aryl methyl sites for hydroxylation is 2. The molecule has 0 N–H and O–H groups in total. The molecular formula is C25H33ClN2O5S. The fraction of sp³-hybridized carbons (Fsp3) is 0.680. The van der Waals surface area contributed by atoms with Gasteiger partial charge < -0.3 is 9.64 Å². The van der Waals surface area contributed by atoms with Gasteiger partial charge >= 0.3 is 5.97 Å². The van der Waals surface area contributed by atoms with Crippen molar-refractivity contribution in [2.24, 2.45) is 17.3 Å². The van der Waals surface area contributed by atoms with Gasteiger partial charge in [-0.25, -0.2) is 8.42 Å². The van der Waals surface area contributed by atoms with E-state index in [2.05, 4.69) is 0 Å². The van der Waals surface area contributed by atoms with Crippen molar-refractivity contribution in [3.63, 3.8) is 0 Å². The third-order valence-electron chi connectivity index (χ3n) is 8.29. The molecule has 5 fully saturated rings. The number of benzene rings is 1. The molecule has 1 aromatic rings. The largest absolute Gasteiger partial charge is 0.455 e. The van der Waals surface area contributed by atoms with Crippen molar-refractivity contribution < 1.29 is 22.7 Å². The van der Waals surface area contributed by atoms with E-state index in [0.29, 0.717) is 28.7 Å². The van der Waals surface area contributed by atoms with E-state index >= 15 is 0 Å². The van der Waals surface area contributed by atoms with Gasteiger partial charge in [0, 0.05) is 31.1 Å². The number of carbonyl (C=O) groups is 2. The highest BCUT2D eigenvalue weighted by molar-refractivity contribution is 7.89. The second-order valence-electron chi connectivity index (χ2n) is 11.0. The van der Waals surface area contributed by atoms with E-state index in [-0.39, 0.29) is 49.5 Å². The molecule has 34 heavy (non-hydrogen) atoms. The summed E-state index contributed by atoms with van der Waals surface area (Å²) in [5, 5.41) is 0. The van der Waals surface area contributed by atoms with Crippen LogP contribution in [0.25, 0.3) is 0 Å². The van der Waals surface area contributed by atoms with E-state index in [1.165, 1.54) is 4.31 Å². The molecule has 9 heteroatoms.